The van der Waals surface area contributed by atoms with Gasteiger partial charge in [-0.2, -0.15) is 0 Å². The molecule has 2 aromatic carbocycles. The lowest BCUT2D eigenvalue weighted by Gasteiger charge is -2.41. The first kappa shape index (κ1) is 24.2. The molecule has 188 valence electrons. The van der Waals surface area contributed by atoms with E-state index < -0.39 is 21.7 Å². The van der Waals surface area contributed by atoms with Crippen LogP contribution in [0.25, 0.3) is 10.9 Å². The van der Waals surface area contributed by atoms with Crippen LogP contribution in [-0.4, -0.2) is 54.5 Å². The number of piperazine rings is 1. The van der Waals surface area contributed by atoms with Gasteiger partial charge in [0.15, 0.2) is 16.8 Å². The van der Waals surface area contributed by atoms with Gasteiger partial charge in [-0.1, -0.05) is 0 Å². The lowest BCUT2D eigenvalue weighted by molar-refractivity contribution is -0.134. The predicted octanol–water partition coefficient (Wildman–Crippen LogP) is 3.91. The lowest BCUT2D eigenvalue weighted by Crippen LogP contribution is -2.54. The molecular weight excluding hydrogens is 508 g/mol. The molecule has 36 heavy (non-hydrogen) atoms. The van der Waals surface area contributed by atoms with Crippen LogP contribution in [0, 0.1) is 11.6 Å². The first-order valence-electron chi connectivity index (χ1n) is 11.2. The second-order valence-corrected chi connectivity index (χ2v) is 11.2. The Labute approximate surface area is 210 Å². The van der Waals surface area contributed by atoms with Crippen LogP contribution < -0.4 is 9.62 Å². The first-order valence-corrected chi connectivity index (χ1v) is 13.6. The molecule has 1 aliphatic heterocycles. The third kappa shape index (κ3) is 4.78. The second-order valence-electron chi connectivity index (χ2n) is 8.59. The second kappa shape index (κ2) is 9.51. The molecule has 1 N–H and O–H groups in total. The molecule has 0 saturated carbocycles. The van der Waals surface area contributed by atoms with Crippen molar-refractivity contribution in [2.75, 3.05) is 29.3 Å². The Morgan fingerprint density at radius 2 is 1.89 bits per heavy atom. The number of sulfonamides is 1. The summed E-state index contributed by atoms with van der Waals surface area (Å²) in [5.41, 5.74) is 1.32. The molecule has 0 spiro atoms. The van der Waals surface area contributed by atoms with Gasteiger partial charge in [0, 0.05) is 60.6 Å². The van der Waals surface area contributed by atoms with Crippen LogP contribution in [0.15, 0.2) is 65.1 Å². The van der Waals surface area contributed by atoms with Gasteiger partial charge in [0.1, 0.15) is 6.54 Å². The molecule has 1 saturated heterocycles. The molecule has 1 fully saturated rings. The van der Waals surface area contributed by atoms with E-state index in [4.69, 9.17) is 0 Å². The molecule has 5 rings (SSSR count). The number of carbonyl (C=O) groups excluding carboxylic acids is 1. The van der Waals surface area contributed by atoms with Gasteiger partial charge in [0.25, 0.3) is 10.0 Å². The summed E-state index contributed by atoms with van der Waals surface area (Å²) in [6, 6.07) is 10.4. The molecule has 1 atom stereocenters. The molecule has 3 heterocycles. The zero-order valence-corrected chi connectivity index (χ0v) is 20.9. The molecule has 1 amide bonds. The van der Waals surface area contributed by atoms with Crippen LogP contribution in [0.5, 0.6) is 0 Å². The van der Waals surface area contributed by atoms with Gasteiger partial charge in [-0.05, 0) is 43.3 Å². The van der Waals surface area contributed by atoms with Crippen LogP contribution in [0.1, 0.15) is 6.92 Å². The van der Waals surface area contributed by atoms with Crippen molar-refractivity contribution in [3.8, 4) is 0 Å². The molecule has 0 aliphatic carbocycles. The van der Waals surface area contributed by atoms with Crippen molar-refractivity contribution in [1.82, 2.24) is 14.5 Å². The van der Waals surface area contributed by atoms with E-state index >= 15 is 0 Å². The number of thiazole rings is 1. The van der Waals surface area contributed by atoms with Gasteiger partial charge in [-0.3, -0.25) is 9.52 Å². The maximum absolute atomic E-state index is 13.7. The number of amides is 1. The van der Waals surface area contributed by atoms with Gasteiger partial charge in [0.2, 0.25) is 5.91 Å². The summed E-state index contributed by atoms with van der Waals surface area (Å²) in [5, 5.41) is 2.53. The van der Waals surface area contributed by atoms with E-state index in [0.29, 0.717) is 35.7 Å². The summed E-state index contributed by atoms with van der Waals surface area (Å²) in [5.74, 6) is -1.98. The van der Waals surface area contributed by atoms with Crippen molar-refractivity contribution in [3.63, 3.8) is 0 Å². The number of nitrogens with one attached hydrogen (secondary N) is 1. The third-order valence-electron chi connectivity index (χ3n) is 6.23. The summed E-state index contributed by atoms with van der Waals surface area (Å²) in [6.45, 7) is 3.60. The fourth-order valence-corrected chi connectivity index (χ4v) is 6.19. The van der Waals surface area contributed by atoms with Crippen LogP contribution in [-0.2, 0) is 21.4 Å². The van der Waals surface area contributed by atoms with Crippen LogP contribution >= 0.6 is 11.3 Å². The maximum atomic E-state index is 13.7. The smallest absolute Gasteiger partial charge is 0.263 e. The maximum Gasteiger partial charge on any atom is 0.263 e. The Kier molecular flexibility index (Phi) is 6.39. The van der Waals surface area contributed by atoms with E-state index in [2.05, 4.69) is 14.6 Å². The van der Waals surface area contributed by atoms with E-state index in [1.54, 1.807) is 51.4 Å². The fraction of sp³-hybridized carbons (Fsp3) is 0.250. The number of nitrogens with zero attached hydrogens (tertiary/aromatic N) is 4. The lowest BCUT2D eigenvalue weighted by atomic mass is 10.1. The predicted molar refractivity (Wildman–Crippen MR) is 135 cm³/mol. The molecule has 1 unspecified atom stereocenters. The Balaban J connectivity index is 1.23. The zero-order valence-electron chi connectivity index (χ0n) is 19.3. The highest BCUT2D eigenvalue weighted by molar-refractivity contribution is 7.93. The largest absolute Gasteiger partial charge is 0.368 e. The topological polar surface area (TPSA) is 87.5 Å². The number of hydrogen-bond donors (Lipinski definition) is 1. The highest BCUT2D eigenvalue weighted by Crippen LogP contribution is 2.24. The molecule has 12 heteroatoms. The Morgan fingerprint density at radius 1 is 1.14 bits per heavy atom. The normalized spacial score (nSPS) is 16.5. The molecule has 4 aromatic rings. The average Bonchev–Trinajstić information content (AvgIpc) is 3.49. The van der Waals surface area contributed by atoms with Crippen molar-refractivity contribution < 1.29 is 22.0 Å². The average molecular weight is 532 g/mol. The van der Waals surface area contributed by atoms with Gasteiger partial charge in [-0.25, -0.2) is 22.2 Å². The third-order valence-corrected chi connectivity index (χ3v) is 8.41. The number of fused-ring (bicyclic) bond motifs is 1. The van der Waals surface area contributed by atoms with Crippen LogP contribution in [0.3, 0.4) is 0 Å². The van der Waals surface area contributed by atoms with Crippen LogP contribution in [0.2, 0.25) is 0 Å². The number of rotatable bonds is 6. The minimum atomic E-state index is -3.73. The highest BCUT2D eigenvalue weighted by atomic mass is 32.2. The molecule has 0 bridgehead atoms. The number of halogens is 2. The van der Waals surface area contributed by atoms with Crippen molar-refractivity contribution >= 4 is 49.0 Å². The zero-order chi connectivity index (χ0) is 25.4. The van der Waals surface area contributed by atoms with Gasteiger partial charge < -0.3 is 14.4 Å². The molecule has 8 nitrogen and oxygen atoms in total. The van der Waals surface area contributed by atoms with Crippen LogP contribution in [0.4, 0.5) is 19.6 Å². The summed E-state index contributed by atoms with van der Waals surface area (Å²) >= 11 is 1.20. The van der Waals surface area contributed by atoms with E-state index in [1.807, 2.05) is 6.92 Å². The van der Waals surface area contributed by atoms with Crippen molar-refractivity contribution in [1.29, 1.82) is 0 Å². The Bertz CT molecular complexity index is 1500. The van der Waals surface area contributed by atoms with Gasteiger partial charge in [0.05, 0.1) is 10.4 Å². The summed E-state index contributed by atoms with van der Waals surface area (Å²) in [6.07, 6.45) is 3.18. The molecular formula is C24H23F2N5O3S2. The minimum Gasteiger partial charge on any atom is -0.368 e. The summed E-state index contributed by atoms with van der Waals surface area (Å²) in [4.78, 5) is 21.0. The quantitative estimate of drug-likeness (QED) is 0.408. The number of anilines is 2. The van der Waals surface area contributed by atoms with E-state index in [1.165, 1.54) is 17.5 Å². The Morgan fingerprint density at radius 3 is 2.58 bits per heavy atom. The van der Waals surface area contributed by atoms with Gasteiger partial charge >= 0.3 is 0 Å². The number of benzene rings is 2. The monoisotopic (exact) mass is 531 g/mol. The number of carbonyl (C=O) groups is 1. The summed E-state index contributed by atoms with van der Waals surface area (Å²) in [7, 11) is -3.73. The minimum absolute atomic E-state index is 0.0254. The SMILES string of the molecule is CC1CN(c2ccc(S(=O)(=O)Nc3nccs3)cc2)CCN1C(=O)Cn1ccc2cc(F)c(F)cc21. The molecule has 2 aromatic heterocycles. The van der Waals surface area contributed by atoms with Crippen molar-refractivity contribution in [2.45, 2.75) is 24.4 Å². The van der Waals surface area contributed by atoms with E-state index in [9.17, 15) is 22.0 Å². The van der Waals surface area contributed by atoms with Crippen molar-refractivity contribution in [2.24, 2.45) is 0 Å². The number of aromatic nitrogens is 2. The van der Waals surface area contributed by atoms with Gasteiger partial charge in [-0.15, -0.1) is 11.3 Å². The fourth-order valence-electron chi connectivity index (χ4n) is 4.41. The molecule has 0 radical (unpaired) electrons. The first-order chi connectivity index (χ1) is 17.2. The van der Waals surface area contributed by atoms with E-state index in [-0.39, 0.29) is 23.4 Å². The number of hydrogen-bond acceptors (Lipinski definition) is 6. The van der Waals surface area contributed by atoms with E-state index in [0.717, 1.165) is 17.8 Å². The standard InChI is InChI=1S/C24H23F2N5O3S2/c1-16-14-29(18-2-4-19(5-3-18)36(33,34)28-24-27-7-11-35-24)9-10-31(16)23(32)15-30-8-6-17-12-20(25)21(26)13-22(17)30/h2-8,11-13,16H,9-10,14-15H2,1H3,(H,27,28). The summed E-state index contributed by atoms with van der Waals surface area (Å²) < 4.78 is 56.4. The highest BCUT2D eigenvalue weighted by Gasteiger charge is 2.28. The van der Waals surface area contributed by atoms with Crippen molar-refractivity contribution in [3.05, 3.63) is 71.9 Å². The Hall–Kier alpha value is -3.51. The molecule has 1 aliphatic rings.